The van der Waals surface area contributed by atoms with Gasteiger partial charge in [-0.25, -0.2) is 0 Å². The van der Waals surface area contributed by atoms with Crippen molar-refractivity contribution in [3.8, 4) is 0 Å². The molecule has 3 rings (SSSR count). The van der Waals surface area contributed by atoms with Gasteiger partial charge in [-0.1, -0.05) is 0 Å². The summed E-state index contributed by atoms with van der Waals surface area (Å²) >= 11 is 0. The average molecular weight is 550 g/mol. The third kappa shape index (κ3) is 10.6. The van der Waals surface area contributed by atoms with Crippen molar-refractivity contribution in [1.29, 1.82) is 0 Å². The van der Waals surface area contributed by atoms with E-state index in [1.54, 1.807) is 0 Å². The lowest BCUT2D eigenvalue weighted by Gasteiger charge is -2.50. The van der Waals surface area contributed by atoms with Gasteiger partial charge < -0.3 is 26.0 Å². The van der Waals surface area contributed by atoms with Crippen LogP contribution in [0.3, 0.4) is 0 Å². The van der Waals surface area contributed by atoms with Gasteiger partial charge in [-0.15, -0.1) is 0 Å². The minimum Gasteiger partial charge on any atom is -0.462 e. The van der Waals surface area contributed by atoms with Crippen LogP contribution in [0.1, 0.15) is 128 Å². The Morgan fingerprint density at radius 3 is 1.54 bits per heavy atom. The average Bonchev–Trinajstić information content (AvgIpc) is 2.63. The van der Waals surface area contributed by atoms with Gasteiger partial charge in [0.15, 0.2) is 0 Å². The molecule has 3 aliphatic rings. The van der Waals surface area contributed by atoms with Crippen molar-refractivity contribution >= 4 is 5.97 Å². The Bertz CT molecular complexity index is 799. The summed E-state index contributed by atoms with van der Waals surface area (Å²) in [5.74, 6) is -0.0548. The molecule has 0 spiro atoms. The van der Waals surface area contributed by atoms with Crippen LogP contribution in [0.25, 0.3) is 0 Å². The standard InChI is InChI=1S/C32H63N5O2/c1-27(2)17-23(18-28(3,4)34-27)33-14-16-37(24-19-29(5,6)35-30(7,8)20-24)15-13-26(38)39-25-21-31(9,10)36-32(11,12)22-25/h23-25,33-36H,13-22H2,1-12H3. The third-order valence-corrected chi connectivity index (χ3v) is 8.76. The molecule has 4 N–H and O–H groups in total. The highest BCUT2D eigenvalue weighted by Gasteiger charge is 2.42. The molecule has 0 unspecified atom stereocenters. The first-order chi connectivity index (χ1) is 17.6. The van der Waals surface area contributed by atoms with Crippen molar-refractivity contribution in [1.82, 2.24) is 26.2 Å². The maximum absolute atomic E-state index is 13.1. The van der Waals surface area contributed by atoms with Gasteiger partial charge in [0, 0.05) is 77.8 Å². The lowest BCUT2D eigenvalue weighted by atomic mass is 9.79. The minimum atomic E-state index is -0.0548. The fraction of sp³-hybridized carbons (Fsp3) is 0.969. The number of piperidine rings is 3. The first-order valence-corrected chi connectivity index (χ1v) is 15.6. The van der Waals surface area contributed by atoms with Crippen LogP contribution in [0.5, 0.6) is 0 Å². The number of carbonyl (C=O) groups is 1. The topological polar surface area (TPSA) is 77.7 Å². The summed E-state index contributed by atoms with van der Waals surface area (Å²) in [5, 5.41) is 15.2. The number of nitrogens with one attached hydrogen (secondary N) is 4. The van der Waals surface area contributed by atoms with Gasteiger partial charge in [-0.2, -0.15) is 0 Å². The van der Waals surface area contributed by atoms with Crippen LogP contribution in [0.15, 0.2) is 0 Å². The van der Waals surface area contributed by atoms with Crippen molar-refractivity contribution in [2.24, 2.45) is 0 Å². The molecule has 228 valence electrons. The first kappa shape index (κ1) is 32.8. The Hall–Kier alpha value is -0.730. The fourth-order valence-electron chi connectivity index (χ4n) is 8.67. The van der Waals surface area contributed by atoms with Crippen LogP contribution in [0, 0.1) is 0 Å². The van der Waals surface area contributed by atoms with E-state index in [2.05, 4.69) is 109 Å². The van der Waals surface area contributed by atoms with Gasteiger partial charge in [0.1, 0.15) is 6.10 Å². The second-order valence-corrected chi connectivity index (χ2v) is 17.1. The zero-order valence-electron chi connectivity index (χ0n) is 27.6. The molecule has 0 atom stereocenters. The molecular formula is C32H63N5O2. The fourth-order valence-corrected chi connectivity index (χ4v) is 8.67. The minimum absolute atomic E-state index is 0.0257. The van der Waals surface area contributed by atoms with Crippen molar-refractivity contribution < 1.29 is 9.53 Å². The molecule has 7 heteroatoms. The number of hydrogen-bond acceptors (Lipinski definition) is 7. The number of rotatable bonds is 9. The van der Waals surface area contributed by atoms with E-state index in [0.717, 1.165) is 58.2 Å². The molecule has 0 radical (unpaired) electrons. The number of nitrogens with zero attached hydrogens (tertiary/aromatic N) is 1. The van der Waals surface area contributed by atoms with Crippen LogP contribution >= 0.6 is 0 Å². The van der Waals surface area contributed by atoms with Gasteiger partial charge in [0.2, 0.25) is 0 Å². The molecule has 0 aromatic heterocycles. The molecule has 3 saturated heterocycles. The molecule has 3 heterocycles. The second kappa shape index (κ2) is 11.5. The normalized spacial score (nSPS) is 28.3. The third-order valence-electron chi connectivity index (χ3n) is 8.76. The first-order valence-electron chi connectivity index (χ1n) is 15.6. The van der Waals surface area contributed by atoms with Gasteiger partial charge in [0.25, 0.3) is 0 Å². The smallest absolute Gasteiger partial charge is 0.307 e. The Labute approximate surface area is 240 Å². The molecule has 0 aromatic rings. The zero-order valence-corrected chi connectivity index (χ0v) is 27.6. The van der Waals surface area contributed by atoms with E-state index in [1.807, 2.05) is 0 Å². The van der Waals surface area contributed by atoms with Crippen molar-refractivity contribution in [2.75, 3.05) is 19.6 Å². The van der Waals surface area contributed by atoms with E-state index in [4.69, 9.17) is 4.74 Å². The van der Waals surface area contributed by atoms with Crippen LogP contribution in [-0.2, 0) is 9.53 Å². The monoisotopic (exact) mass is 549 g/mol. The van der Waals surface area contributed by atoms with Crippen LogP contribution in [0.2, 0.25) is 0 Å². The highest BCUT2D eigenvalue weighted by atomic mass is 16.5. The summed E-state index contributed by atoms with van der Waals surface area (Å²) < 4.78 is 6.09. The highest BCUT2D eigenvalue weighted by Crippen LogP contribution is 2.33. The van der Waals surface area contributed by atoms with E-state index in [9.17, 15) is 4.79 Å². The van der Waals surface area contributed by atoms with Crippen molar-refractivity contribution in [3.63, 3.8) is 0 Å². The lowest BCUT2D eigenvalue weighted by molar-refractivity contribution is -0.153. The Morgan fingerprint density at radius 1 is 0.667 bits per heavy atom. The van der Waals surface area contributed by atoms with Crippen LogP contribution in [0.4, 0.5) is 0 Å². The highest BCUT2D eigenvalue weighted by molar-refractivity contribution is 5.69. The van der Waals surface area contributed by atoms with E-state index in [0.29, 0.717) is 18.5 Å². The number of ether oxygens (including phenoxy) is 1. The van der Waals surface area contributed by atoms with Crippen molar-refractivity contribution in [2.45, 2.75) is 179 Å². The van der Waals surface area contributed by atoms with E-state index >= 15 is 0 Å². The number of esters is 1. The molecule has 0 bridgehead atoms. The predicted molar refractivity (Wildman–Crippen MR) is 163 cm³/mol. The van der Waals surface area contributed by atoms with Gasteiger partial charge in [-0.05, 0) is 109 Å². The molecule has 3 fully saturated rings. The summed E-state index contributed by atoms with van der Waals surface area (Å²) in [6.45, 7) is 29.9. The molecule has 0 aliphatic carbocycles. The van der Waals surface area contributed by atoms with Gasteiger partial charge >= 0.3 is 5.97 Å². The molecule has 39 heavy (non-hydrogen) atoms. The summed E-state index contributed by atoms with van der Waals surface area (Å²) in [4.78, 5) is 15.7. The van der Waals surface area contributed by atoms with Crippen LogP contribution in [-0.4, -0.2) is 81.9 Å². The van der Waals surface area contributed by atoms with E-state index < -0.39 is 0 Å². The SMILES string of the molecule is CC1(C)CC(NCCN(CCC(=O)OC2CC(C)(C)NC(C)(C)C2)C2CC(C)(C)NC(C)(C)C2)CC(C)(C)N1. The molecule has 0 saturated carbocycles. The van der Waals surface area contributed by atoms with E-state index in [1.165, 1.54) is 0 Å². The van der Waals surface area contributed by atoms with E-state index in [-0.39, 0.29) is 45.3 Å². The largest absolute Gasteiger partial charge is 0.462 e. The van der Waals surface area contributed by atoms with Gasteiger partial charge in [0.05, 0.1) is 6.42 Å². The summed E-state index contributed by atoms with van der Waals surface area (Å²) in [6.07, 6.45) is 6.54. The Kier molecular flexibility index (Phi) is 9.67. The number of carbonyl (C=O) groups excluding carboxylic acids is 1. The molecule has 3 aliphatic heterocycles. The zero-order chi connectivity index (χ0) is 29.5. The van der Waals surface area contributed by atoms with Crippen LogP contribution < -0.4 is 21.3 Å². The molecule has 0 amide bonds. The predicted octanol–water partition coefficient (Wildman–Crippen LogP) is 4.74. The summed E-state index contributed by atoms with van der Waals surface area (Å²) in [6, 6.07) is 0.930. The number of hydrogen-bond donors (Lipinski definition) is 4. The van der Waals surface area contributed by atoms with Crippen molar-refractivity contribution in [3.05, 3.63) is 0 Å². The quantitative estimate of drug-likeness (QED) is 0.310. The van der Waals surface area contributed by atoms with Gasteiger partial charge in [-0.3, -0.25) is 9.69 Å². The lowest BCUT2D eigenvalue weighted by Crippen LogP contribution is -2.63. The Balaban J connectivity index is 1.63. The molecular weight excluding hydrogens is 486 g/mol. The maximum Gasteiger partial charge on any atom is 0.307 e. The summed E-state index contributed by atoms with van der Waals surface area (Å²) in [5.41, 5.74) is 0.318. The summed E-state index contributed by atoms with van der Waals surface area (Å²) in [7, 11) is 0. The maximum atomic E-state index is 13.1. The molecule has 0 aromatic carbocycles. The second-order valence-electron chi connectivity index (χ2n) is 17.1. The Morgan fingerprint density at radius 2 is 1.08 bits per heavy atom. The molecule has 7 nitrogen and oxygen atoms in total.